The maximum atomic E-state index is 13.1. The number of halogens is 1. The zero-order valence-corrected chi connectivity index (χ0v) is 14.6. The third-order valence-electron chi connectivity index (χ3n) is 4.87. The van der Waals surface area contributed by atoms with E-state index in [4.69, 9.17) is 16.3 Å². The van der Waals surface area contributed by atoms with Gasteiger partial charge in [0, 0.05) is 17.0 Å². The van der Waals surface area contributed by atoms with Crippen LogP contribution in [-0.4, -0.2) is 35.1 Å². The van der Waals surface area contributed by atoms with Gasteiger partial charge in [0.2, 0.25) is 0 Å². The molecule has 0 aromatic heterocycles. The van der Waals surface area contributed by atoms with Crippen LogP contribution in [0.5, 0.6) is 5.75 Å². The van der Waals surface area contributed by atoms with Crippen LogP contribution in [0.25, 0.3) is 0 Å². The minimum absolute atomic E-state index is 0.128. The van der Waals surface area contributed by atoms with E-state index in [0.717, 1.165) is 4.90 Å². The van der Waals surface area contributed by atoms with E-state index in [9.17, 15) is 14.7 Å². The molecule has 1 saturated heterocycles. The number of rotatable bonds is 3. The van der Waals surface area contributed by atoms with Crippen LogP contribution in [0.15, 0.2) is 48.5 Å². The molecule has 4 rings (SSSR count). The molecule has 3 amide bonds. The lowest BCUT2D eigenvalue weighted by Gasteiger charge is -2.33. The second kappa shape index (κ2) is 6.30. The van der Waals surface area contributed by atoms with Crippen molar-refractivity contribution in [2.45, 2.75) is 18.1 Å². The molecule has 6 nitrogen and oxygen atoms in total. The number of nitrogens with one attached hydrogen (secondary N) is 1. The lowest BCUT2D eigenvalue weighted by atomic mass is 9.84. The molecule has 2 N–H and O–H groups in total. The van der Waals surface area contributed by atoms with Crippen LogP contribution < -0.4 is 10.1 Å². The molecule has 2 aromatic rings. The van der Waals surface area contributed by atoms with Gasteiger partial charge in [-0.05, 0) is 23.8 Å². The summed E-state index contributed by atoms with van der Waals surface area (Å²) < 4.78 is 5.61. The normalized spacial score (nSPS) is 22.8. The maximum absolute atomic E-state index is 13.1. The van der Waals surface area contributed by atoms with Gasteiger partial charge in [0.15, 0.2) is 5.54 Å². The topological polar surface area (TPSA) is 78.9 Å². The lowest BCUT2D eigenvalue weighted by Crippen LogP contribution is -2.47. The fourth-order valence-corrected chi connectivity index (χ4v) is 3.63. The molecule has 0 radical (unpaired) electrons. The molecule has 2 unspecified atom stereocenters. The van der Waals surface area contributed by atoms with Crippen LogP contribution >= 0.6 is 11.6 Å². The van der Waals surface area contributed by atoms with Gasteiger partial charge in [-0.25, -0.2) is 4.79 Å². The second-order valence-corrected chi connectivity index (χ2v) is 6.85. The number of aliphatic hydroxyl groups excluding tert-OH is 1. The number of hydrogen-bond donors (Lipinski definition) is 2. The van der Waals surface area contributed by atoms with Crippen molar-refractivity contribution in [2.24, 2.45) is 0 Å². The highest BCUT2D eigenvalue weighted by atomic mass is 35.5. The Morgan fingerprint density at radius 3 is 2.69 bits per heavy atom. The first-order chi connectivity index (χ1) is 12.5. The molecule has 2 heterocycles. The first kappa shape index (κ1) is 16.9. The molecule has 7 heteroatoms. The van der Waals surface area contributed by atoms with E-state index in [1.54, 1.807) is 42.5 Å². The number of fused-ring (bicyclic) bond motifs is 2. The number of amides is 3. The minimum Gasteiger partial charge on any atom is -0.493 e. The maximum Gasteiger partial charge on any atom is 0.325 e. The number of nitrogens with zero attached hydrogens (tertiary/aromatic N) is 1. The Hall–Kier alpha value is -2.57. The smallest absolute Gasteiger partial charge is 0.325 e. The first-order valence-electron chi connectivity index (χ1n) is 8.31. The van der Waals surface area contributed by atoms with E-state index < -0.39 is 17.7 Å². The highest BCUT2D eigenvalue weighted by Crippen LogP contribution is 2.41. The number of imide groups is 1. The van der Waals surface area contributed by atoms with Crippen LogP contribution in [0, 0.1) is 0 Å². The van der Waals surface area contributed by atoms with Crippen molar-refractivity contribution < 1.29 is 19.4 Å². The average molecular weight is 373 g/mol. The molecule has 2 aliphatic heterocycles. The number of hydrogen-bond acceptors (Lipinski definition) is 4. The number of carbonyl (C=O) groups is 2. The zero-order chi connectivity index (χ0) is 18.3. The summed E-state index contributed by atoms with van der Waals surface area (Å²) in [6.07, 6.45) is -0.644. The van der Waals surface area contributed by atoms with Gasteiger partial charge in [-0.15, -0.1) is 0 Å². The van der Waals surface area contributed by atoms with E-state index >= 15 is 0 Å². The van der Waals surface area contributed by atoms with E-state index in [0.29, 0.717) is 34.9 Å². The molecule has 2 aliphatic rings. The highest BCUT2D eigenvalue weighted by molar-refractivity contribution is 6.30. The number of β-amino-alcohol motifs (C(OH)–C–C–N with tert-alkyl or cyclic N) is 1. The fraction of sp³-hybridized carbons (Fsp3) is 0.263. The van der Waals surface area contributed by atoms with Gasteiger partial charge in [0.25, 0.3) is 5.91 Å². The Morgan fingerprint density at radius 2 is 1.92 bits per heavy atom. The van der Waals surface area contributed by atoms with Crippen molar-refractivity contribution in [1.82, 2.24) is 10.2 Å². The van der Waals surface area contributed by atoms with Gasteiger partial charge >= 0.3 is 6.03 Å². The summed E-state index contributed by atoms with van der Waals surface area (Å²) in [6.45, 7) is 0.202. The molecule has 26 heavy (non-hydrogen) atoms. The zero-order valence-electron chi connectivity index (χ0n) is 13.8. The van der Waals surface area contributed by atoms with Crippen molar-refractivity contribution in [3.8, 4) is 5.75 Å². The fourth-order valence-electron chi connectivity index (χ4n) is 3.50. The number of ether oxygens (including phenoxy) is 1. The van der Waals surface area contributed by atoms with E-state index in [2.05, 4.69) is 5.32 Å². The molecule has 0 aliphatic carbocycles. The van der Waals surface area contributed by atoms with E-state index in [-0.39, 0.29) is 12.5 Å². The molecule has 1 fully saturated rings. The van der Waals surface area contributed by atoms with E-state index in [1.807, 2.05) is 6.07 Å². The third-order valence-corrected chi connectivity index (χ3v) is 5.12. The Morgan fingerprint density at radius 1 is 1.19 bits per heavy atom. The highest BCUT2D eigenvalue weighted by Gasteiger charge is 2.55. The van der Waals surface area contributed by atoms with Crippen LogP contribution in [-0.2, 0) is 10.3 Å². The summed E-state index contributed by atoms with van der Waals surface area (Å²) >= 11 is 5.86. The summed E-state index contributed by atoms with van der Waals surface area (Å²) in [5, 5.41) is 13.8. The summed E-state index contributed by atoms with van der Waals surface area (Å²) in [6, 6.07) is 13.3. The van der Waals surface area contributed by atoms with Crippen LogP contribution in [0.1, 0.15) is 23.7 Å². The summed E-state index contributed by atoms with van der Waals surface area (Å²) in [4.78, 5) is 26.7. The first-order valence-corrected chi connectivity index (χ1v) is 8.69. The predicted octanol–water partition coefficient (Wildman–Crippen LogP) is 2.60. The third kappa shape index (κ3) is 2.62. The summed E-state index contributed by atoms with van der Waals surface area (Å²) in [5.74, 6) is 0.221. The number of urea groups is 1. The van der Waals surface area contributed by atoms with Gasteiger partial charge in [0.1, 0.15) is 5.75 Å². The quantitative estimate of drug-likeness (QED) is 0.812. The van der Waals surface area contributed by atoms with Gasteiger partial charge in [-0.1, -0.05) is 41.9 Å². The van der Waals surface area contributed by atoms with E-state index in [1.165, 1.54) is 0 Å². The van der Waals surface area contributed by atoms with Crippen LogP contribution in [0.4, 0.5) is 4.79 Å². The molecule has 0 bridgehead atoms. The standard InChI is InChI=1S/C19H17ClN2O4/c20-13-7-5-12(6-8-13)15(23)11-22-17(24)19(21-18(22)25)9-10-26-16-4-2-1-3-14(16)19/h1-8,15,23H,9-11H2,(H,21,25). The van der Waals surface area contributed by atoms with Crippen LogP contribution in [0.3, 0.4) is 0 Å². The molecule has 2 atom stereocenters. The largest absolute Gasteiger partial charge is 0.493 e. The average Bonchev–Trinajstić information content (AvgIpc) is 2.87. The molecule has 1 spiro atoms. The van der Waals surface area contributed by atoms with Gasteiger partial charge in [0.05, 0.1) is 19.3 Å². The van der Waals surface area contributed by atoms with Crippen molar-refractivity contribution in [3.05, 3.63) is 64.7 Å². The Labute approximate surface area is 155 Å². The molecular weight excluding hydrogens is 356 g/mol. The predicted molar refractivity (Wildman–Crippen MR) is 94.9 cm³/mol. The molecular formula is C19H17ClN2O4. The summed E-state index contributed by atoms with van der Waals surface area (Å²) in [5.41, 5.74) is 0.0995. The van der Waals surface area contributed by atoms with Crippen LogP contribution in [0.2, 0.25) is 5.02 Å². The molecule has 0 saturated carbocycles. The molecule has 2 aromatic carbocycles. The number of carbonyl (C=O) groups excluding carboxylic acids is 2. The Kier molecular flexibility index (Phi) is 4.09. The number of para-hydroxylation sites is 1. The van der Waals surface area contributed by atoms with Crippen molar-refractivity contribution >= 4 is 23.5 Å². The van der Waals surface area contributed by atoms with Crippen molar-refractivity contribution in [1.29, 1.82) is 0 Å². The SMILES string of the molecule is O=C1NC2(CCOc3ccccc32)C(=O)N1CC(O)c1ccc(Cl)cc1. The monoisotopic (exact) mass is 372 g/mol. The lowest BCUT2D eigenvalue weighted by molar-refractivity contribution is -0.133. The second-order valence-electron chi connectivity index (χ2n) is 6.41. The summed E-state index contributed by atoms with van der Waals surface area (Å²) in [7, 11) is 0. The van der Waals surface area contributed by atoms with Crippen molar-refractivity contribution in [3.63, 3.8) is 0 Å². The number of benzene rings is 2. The van der Waals surface area contributed by atoms with Gasteiger partial charge in [-0.3, -0.25) is 9.69 Å². The molecule has 134 valence electrons. The minimum atomic E-state index is -1.13. The Bertz CT molecular complexity index is 870. The van der Waals surface area contributed by atoms with Crippen molar-refractivity contribution in [2.75, 3.05) is 13.2 Å². The van der Waals surface area contributed by atoms with Gasteiger partial charge in [-0.2, -0.15) is 0 Å². The Balaban J connectivity index is 1.61. The number of aliphatic hydroxyl groups is 1. The van der Waals surface area contributed by atoms with Gasteiger partial charge < -0.3 is 15.2 Å².